The summed E-state index contributed by atoms with van der Waals surface area (Å²) in [4.78, 5) is 25.6. The molecule has 0 aliphatic carbocycles. The lowest BCUT2D eigenvalue weighted by molar-refractivity contribution is -0.113. The lowest BCUT2D eigenvalue weighted by atomic mass is 10.1. The molecular formula is C23H22N2O4. The normalized spacial score (nSPS) is 11.1. The zero-order chi connectivity index (χ0) is 20.8. The van der Waals surface area contributed by atoms with Gasteiger partial charge in [-0.15, -0.1) is 0 Å². The average molecular weight is 390 g/mol. The first-order valence-electron chi connectivity index (χ1n) is 9.05. The highest BCUT2D eigenvalue weighted by atomic mass is 16.5. The summed E-state index contributed by atoms with van der Waals surface area (Å²) in [5, 5.41) is 5.53. The van der Waals surface area contributed by atoms with Crippen LogP contribution in [-0.4, -0.2) is 18.9 Å². The van der Waals surface area contributed by atoms with Crippen LogP contribution in [0, 0.1) is 13.8 Å². The number of hydrogen-bond donors (Lipinski definition) is 2. The molecule has 0 saturated heterocycles. The highest BCUT2D eigenvalue weighted by Crippen LogP contribution is 2.18. The van der Waals surface area contributed by atoms with Gasteiger partial charge in [-0.3, -0.25) is 9.59 Å². The van der Waals surface area contributed by atoms with Crippen LogP contribution in [0.1, 0.15) is 27.2 Å². The topological polar surface area (TPSA) is 80.6 Å². The monoisotopic (exact) mass is 390 g/mol. The second-order valence-corrected chi connectivity index (χ2v) is 6.53. The third-order valence-electron chi connectivity index (χ3n) is 4.32. The van der Waals surface area contributed by atoms with Crippen molar-refractivity contribution in [2.75, 3.05) is 12.4 Å². The minimum absolute atomic E-state index is 0.0710. The third kappa shape index (κ3) is 5.13. The van der Waals surface area contributed by atoms with E-state index in [1.165, 1.54) is 12.3 Å². The summed E-state index contributed by atoms with van der Waals surface area (Å²) in [6.07, 6.45) is 2.99. The Morgan fingerprint density at radius 1 is 1.03 bits per heavy atom. The van der Waals surface area contributed by atoms with Gasteiger partial charge in [0.15, 0.2) is 0 Å². The average Bonchev–Trinajstić information content (AvgIpc) is 3.23. The number of aryl methyl sites for hydroxylation is 2. The number of rotatable bonds is 6. The molecule has 6 nitrogen and oxygen atoms in total. The van der Waals surface area contributed by atoms with Crippen molar-refractivity contribution in [1.82, 2.24) is 5.32 Å². The molecule has 0 bridgehead atoms. The Morgan fingerprint density at radius 3 is 2.45 bits per heavy atom. The molecule has 2 amide bonds. The number of hydrogen-bond acceptors (Lipinski definition) is 4. The molecule has 0 aliphatic rings. The van der Waals surface area contributed by atoms with Crippen molar-refractivity contribution in [3.8, 4) is 5.75 Å². The molecular weight excluding hydrogens is 368 g/mol. The van der Waals surface area contributed by atoms with E-state index in [1.54, 1.807) is 43.5 Å². The van der Waals surface area contributed by atoms with Crippen molar-refractivity contribution < 1.29 is 18.7 Å². The van der Waals surface area contributed by atoms with E-state index in [9.17, 15) is 9.59 Å². The Bertz CT molecular complexity index is 1040. The molecule has 0 aliphatic heterocycles. The molecule has 1 heterocycles. The minimum atomic E-state index is -0.447. The van der Waals surface area contributed by atoms with Crippen LogP contribution in [0.25, 0.3) is 6.08 Å². The first-order valence-corrected chi connectivity index (χ1v) is 9.05. The second-order valence-electron chi connectivity index (χ2n) is 6.53. The molecule has 2 aromatic carbocycles. The van der Waals surface area contributed by atoms with Gasteiger partial charge in [-0.1, -0.05) is 12.1 Å². The van der Waals surface area contributed by atoms with E-state index in [4.69, 9.17) is 9.15 Å². The van der Waals surface area contributed by atoms with Crippen molar-refractivity contribution in [2.45, 2.75) is 13.8 Å². The largest absolute Gasteiger partial charge is 0.497 e. The summed E-state index contributed by atoms with van der Waals surface area (Å²) < 4.78 is 10.4. The van der Waals surface area contributed by atoms with Gasteiger partial charge in [-0.25, -0.2) is 0 Å². The number of amides is 2. The van der Waals surface area contributed by atoms with Crippen LogP contribution >= 0.6 is 0 Å². The number of anilines is 1. The molecule has 0 unspecified atom stereocenters. The molecule has 0 spiro atoms. The molecule has 0 radical (unpaired) electrons. The van der Waals surface area contributed by atoms with E-state index in [-0.39, 0.29) is 5.70 Å². The summed E-state index contributed by atoms with van der Waals surface area (Å²) in [6.45, 7) is 3.85. The first-order chi connectivity index (χ1) is 14.0. The summed E-state index contributed by atoms with van der Waals surface area (Å²) in [5.74, 6) is 0.227. The third-order valence-corrected chi connectivity index (χ3v) is 4.32. The predicted molar refractivity (Wildman–Crippen MR) is 112 cm³/mol. The first kappa shape index (κ1) is 19.9. The fourth-order valence-corrected chi connectivity index (χ4v) is 2.67. The lowest BCUT2D eigenvalue weighted by Gasteiger charge is -2.13. The van der Waals surface area contributed by atoms with Crippen LogP contribution in [0.4, 0.5) is 5.69 Å². The van der Waals surface area contributed by atoms with Gasteiger partial charge < -0.3 is 19.8 Å². The van der Waals surface area contributed by atoms with Crippen LogP contribution in [-0.2, 0) is 4.79 Å². The highest BCUT2D eigenvalue weighted by Gasteiger charge is 2.16. The van der Waals surface area contributed by atoms with Gasteiger partial charge in [0.05, 0.1) is 13.4 Å². The van der Waals surface area contributed by atoms with E-state index in [1.807, 2.05) is 32.0 Å². The quantitative estimate of drug-likeness (QED) is 0.615. The van der Waals surface area contributed by atoms with E-state index < -0.39 is 11.8 Å². The number of benzene rings is 2. The Balaban J connectivity index is 1.85. The molecule has 2 N–H and O–H groups in total. The summed E-state index contributed by atoms with van der Waals surface area (Å²) in [7, 11) is 1.55. The highest BCUT2D eigenvalue weighted by molar-refractivity contribution is 6.10. The molecule has 3 rings (SSSR count). The maximum atomic E-state index is 12.9. The summed E-state index contributed by atoms with van der Waals surface area (Å²) in [5.41, 5.74) is 3.09. The van der Waals surface area contributed by atoms with E-state index in [0.29, 0.717) is 22.8 Å². The van der Waals surface area contributed by atoms with Gasteiger partial charge in [0.2, 0.25) is 0 Å². The van der Waals surface area contributed by atoms with E-state index >= 15 is 0 Å². The number of methoxy groups -OCH3 is 1. The van der Waals surface area contributed by atoms with E-state index in [2.05, 4.69) is 10.6 Å². The van der Waals surface area contributed by atoms with Gasteiger partial charge in [-0.05, 0) is 67.4 Å². The molecule has 3 aromatic rings. The zero-order valence-electron chi connectivity index (χ0n) is 16.5. The van der Waals surface area contributed by atoms with Gasteiger partial charge in [-0.2, -0.15) is 0 Å². The van der Waals surface area contributed by atoms with Gasteiger partial charge >= 0.3 is 0 Å². The summed E-state index contributed by atoms with van der Waals surface area (Å²) in [6, 6.07) is 15.8. The van der Waals surface area contributed by atoms with Crippen LogP contribution < -0.4 is 15.4 Å². The van der Waals surface area contributed by atoms with Crippen molar-refractivity contribution in [1.29, 1.82) is 0 Å². The number of carbonyl (C=O) groups excluding carboxylic acids is 2. The fraction of sp³-hybridized carbons (Fsp3) is 0.130. The van der Waals surface area contributed by atoms with E-state index in [0.717, 1.165) is 11.1 Å². The Hall–Kier alpha value is -3.80. The van der Waals surface area contributed by atoms with Crippen LogP contribution in [0.15, 0.2) is 71.0 Å². The Labute approximate surface area is 169 Å². The smallest absolute Gasteiger partial charge is 0.272 e. The minimum Gasteiger partial charge on any atom is -0.497 e. The van der Waals surface area contributed by atoms with Crippen molar-refractivity contribution in [3.05, 3.63) is 89.0 Å². The predicted octanol–water partition coefficient (Wildman–Crippen LogP) is 4.31. The van der Waals surface area contributed by atoms with Crippen molar-refractivity contribution in [2.24, 2.45) is 0 Å². The van der Waals surface area contributed by atoms with Gasteiger partial charge in [0.1, 0.15) is 17.2 Å². The van der Waals surface area contributed by atoms with Crippen molar-refractivity contribution in [3.63, 3.8) is 0 Å². The van der Waals surface area contributed by atoms with Gasteiger partial charge in [0.25, 0.3) is 11.8 Å². The van der Waals surface area contributed by atoms with Gasteiger partial charge in [0, 0.05) is 17.3 Å². The fourth-order valence-electron chi connectivity index (χ4n) is 2.67. The van der Waals surface area contributed by atoms with Crippen molar-refractivity contribution >= 4 is 23.6 Å². The molecule has 0 fully saturated rings. The SMILES string of the molecule is COc1ccc(C(=O)N/C(=C\c2ccco2)C(=O)Nc2cc(C)ccc2C)cc1. The molecule has 6 heteroatoms. The summed E-state index contributed by atoms with van der Waals surface area (Å²) >= 11 is 0. The second kappa shape index (κ2) is 8.93. The van der Waals surface area contributed by atoms with Crippen LogP contribution in [0.2, 0.25) is 0 Å². The molecule has 1 aromatic heterocycles. The number of furan rings is 1. The zero-order valence-corrected chi connectivity index (χ0v) is 16.5. The maximum absolute atomic E-state index is 12.9. The molecule has 0 atom stereocenters. The van der Waals surface area contributed by atoms with Crippen LogP contribution in [0.5, 0.6) is 5.75 Å². The lowest BCUT2D eigenvalue weighted by Crippen LogP contribution is -2.30. The molecule has 0 saturated carbocycles. The molecule has 29 heavy (non-hydrogen) atoms. The number of carbonyl (C=O) groups is 2. The number of nitrogens with one attached hydrogen (secondary N) is 2. The number of ether oxygens (including phenoxy) is 1. The Kier molecular flexibility index (Phi) is 6.14. The molecule has 148 valence electrons. The standard InChI is InChI=1S/C23H22N2O4/c1-15-6-7-16(2)20(13-15)24-23(27)21(14-19-5-4-12-29-19)25-22(26)17-8-10-18(28-3)11-9-17/h4-14H,1-3H3,(H,24,27)(H,25,26)/b21-14-. The maximum Gasteiger partial charge on any atom is 0.272 e. The van der Waals surface area contributed by atoms with Crippen LogP contribution in [0.3, 0.4) is 0 Å². The Morgan fingerprint density at radius 2 is 1.79 bits per heavy atom.